The minimum atomic E-state index is -0.471. The van der Waals surface area contributed by atoms with E-state index in [2.05, 4.69) is 12.6 Å². The van der Waals surface area contributed by atoms with Crippen LogP contribution < -0.4 is 0 Å². The molecule has 2 heteroatoms. The van der Waals surface area contributed by atoms with Gasteiger partial charge < -0.3 is 4.74 Å². The van der Waals surface area contributed by atoms with Gasteiger partial charge in [0.2, 0.25) is 0 Å². The molecule has 1 heterocycles. The summed E-state index contributed by atoms with van der Waals surface area (Å²) in [6.45, 7) is 4.42. The summed E-state index contributed by atoms with van der Waals surface area (Å²) in [5.41, 5.74) is -0.471. The molecule has 0 aromatic rings. The van der Waals surface area contributed by atoms with Crippen molar-refractivity contribution in [2.24, 2.45) is 0 Å². The number of rotatable bonds is 4. The molecule has 0 unspecified atom stereocenters. The zero-order valence-corrected chi connectivity index (χ0v) is 8.09. The minimum absolute atomic E-state index is 0.471. The van der Waals surface area contributed by atoms with Crippen molar-refractivity contribution in [1.82, 2.24) is 0 Å². The fourth-order valence-electron chi connectivity index (χ4n) is 1.73. The lowest BCUT2D eigenvalue weighted by Gasteiger charge is -2.30. The van der Waals surface area contributed by atoms with Crippen molar-refractivity contribution < 1.29 is 4.74 Å². The summed E-state index contributed by atoms with van der Waals surface area (Å²) in [7, 11) is 0. The van der Waals surface area contributed by atoms with Crippen LogP contribution >= 0.6 is 0 Å². The summed E-state index contributed by atoms with van der Waals surface area (Å²) in [6.07, 6.45) is 7.88. The summed E-state index contributed by atoms with van der Waals surface area (Å²) in [4.78, 5) is 0. The highest BCUT2D eigenvalue weighted by Gasteiger charge is 2.32. The van der Waals surface area contributed by atoms with Crippen LogP contribution in [0.5, 0.6) is 0 Å². The molecule has 0 aromatic carbocycles. The summed E-state index contributed by atoms with van der Waals surface area (Å²) in [5.74, 6) is 0. The number of nitrogens with zero attached hydrogens (tertiary/aromatic N) is 1. The molecule has 0 aromatic heterocycles. The zero-order valence-electron chi connectivity index (χ0n) is 8.09. The monoisotopic (exact) mass is 179 g/mol. The van der Waals surface area contributed by atoms with Gasteiger partial charge in [0.1, 0.15) is 0 Å². The van der Waals surface area contributed by atoms with E-state index < -0.39 is 5.60 Å². The molecule has 1 rings (SSSR count). The van der Waals surface area contributed by atoms with Gasteiger partial charge in [-0.25, -0.2) is 0 Å². The molecule has 13 heavy (non-hydrogen) atoms. The molecule has 0 bridgehead atoms. The number of ether oxygens (including phenoxy) is 1. The van der Waals surface area contributed by atoms with E-state index in [0.717, 1.165) is 45.1 Å². The van der Waals surface area contributed by atoms with E-state index in [1.165, 1.54) is 0 Å². The molecule has 1 saturated heterocycles. The van der Waals surface area contributed by atoms with Crippen molar-refractivity contribution in [3.63, 3.8) is 0 Å². The molecule has 0 N–H and O–H groups in total. The van der Waals surface area contributed by atoms with Crippen LogP contribution in [-0.2, 0) is 4.74 Å². The number of hydrogen-bond acceptors (Lipinski definition) is 2. The Morgan fingerprint density at radius 3 is 2.92 bits per heavy atom. The van der Waals surface area contributed by atoms with Crippen LogP contribution in [0.25, 0.3) is 0 Å². The average molecular weight is 179 g/mol. The Morgan fingerprint density at radius 1 is 1.54 bits per heavy atom. The SMILES string of the molecule is C=CCCC[C@@]1(C#N)CCCCO1. The van der Waals surface area contributed by atoms with E-state index in [9.17, 15) is 0 Å². The highest BCUT2D eigenvalue weighted by Crippen LogP contribution is 2.29. The van der Waals surface area contributed by atoms with Crippen LogP contribution in [0.3, 0.4) is 0 Å². The van der Waals surface area contributed by atoms with Crippen LogP contribution in [0.2, 0.25) is 0 Å². The average Bonchev–Trinajstić information content (AvgIpc) is 2.20. The van der Waals surface area contributed by atoms with Gasteiger partial charge in [0, 0.05) is 6.61 Å². The van der Waals surface area contributed by atoms with Crippen LogP contribution in [-0.4, -0.2) is 12.2 Å². The minimum Gasteiger partial charge on any atom is -0.360 e. The van der Waals surface area contributed by atoms with E-state index in [0.29, 0.717) is 0 Å². The Labute approximate surface area is 80.2 Å². The number of hydrogen-bond donors (Lipinski definition) is 0. The Balaban J connectivity index is 2.39. The third-order valence-electron chi connectivity index (χ3n) is 2.55. The quantitative estimate of drug-likeness (QED) is 0.491. The molecule has 0 amide bonds. The van der Waals surface area contributed by atoms with Crippen LogP contribution in [0.1, 0.15) is 38.5 Å². The lowest BCUT2D eigenvalue weighted by molar-refractivity contribution is -0.0434. The van der Waals surface area contributed by atoms with Gasteiger partial charge in [0.25, 0.3) is 0 Å². The number of allylic oxidation sites excluding steroid dienone is 1. The molecule has 1 aliphatic rings. The van der Waals surface area contributed by atoms with E-state index in [1.54, 1.807) is 0 Å². The normalized spacial score (nSPS) is 27.9. The number of unbranched alkanes of at least 4 members (excludes halogenated alkanes) is 1. The van der Waals surface area contributed by atoms with Crippen molar-refractivity contribution in [2.75, 3.05) is 6.61 Å². The molecule has 2 nitrogen and oxygen atoms in total. The topological polar surface area (TPSA) is 33.0 Å². The molecule has 1 fully saturated rings. The van der Waals surface area contributed by atoms with Gasteiger partial charge in [-0.2, -0.15) is 5.26 Å². The third kappa shape index (κ3) is 2.86. The molecule has 0 radical (unpaired) electrons. The second-order valence-corrected chi connectivity index (χ2v) is 3.59. The summed E-state index contributed by atoms with van der Waals surface area (Å²) < 4.78 is 5.57. The molecular formula is C11H17NO. The first-order valence-corrected chi connectivity index (χ1v) is 4.99. The highest BCUT2D eigenvalue weighted by molar-refractivity contribution is 5.03. The molecule has 0 spiro atoms. The Morgan fingerprint density at radius 2 is 2.38 bits per heavy atom. The van der Waals surface area contributed by atoms with Gasteiger partial charge in [0.05, 0.1) is 6.07 Å². The number of nitriles is 1. The Kier molecular flexibility index (Phi) is 3.98. The van der Waals surface area contributed by atoms with Crippen LogP contribution in [0.4, 0.5) is 0 Å². The van der Waals surface area contributed by atoms with Crippen LogP contribution in [0, 0.1) is 11.3 Å². The first-order chi connectivity index (χ1) is 6.33. The van der Waals surface area contributed by atoms with Gasteiger partial charge in [0.15, 0.2) is 5.60 Å². The fourth-order valence-corrected chi connectivity index (χ4v) is 1.73. The lowest BCUT2D eigenvalue weighted by Crippen LogP contribution is -2.34. The van der Waals surface area contributed by atoms with Crippen molar-refractivity contribution >= 4 is 0 Å². The standard InChI is InChI=1S/C11H17NO/c1-2-3-4-7-11(10-12)8-5-6-9-13-11/h2H,1,3-9H2/t11-/m0/s1. The molecule has 0 saturated carbocycles. The first-order valence-electron chi connectivity index (χ1n) is 4.99. The van der Waals surface area contributed by atoms with E-state index in [4.69, 9.17) is 10.00 Å². The largest absolute Gasteiger partial charge is 0.360 e. The Bertz CT molecular complexity index is 199. The van der Waals surface area contributed by atoms with E-state index in [-0.39, 0.29) is 0 Å². The van der Waals surface area contributed by atoms with Gasteiger partial charge in [-0.3, -0.25) is 0 Å². The van der Waals surface area contributed by atoms with Crippen molar-refractivity contribution in [1.29, 1.82) is 5.26 Å². The third-order valence-corrected chi connectivity index (χ3v) is 2.55. The lowest BCUT2D eigenvalue weighted by atomic mass is 9.90. The second kappa shape index (κ2) is 5.04. The van der Waals surface area contributed by atoms with Gasteiger partial charge in [-0.1, -0.05) is 6.08 Å². The maximum absolute atomic E-state index is 9.04. The summed E-state index contributed by atoms with van der Waals surface area (Å²) >= 11 is 0. The van der Waals surface area contributed by atoms with Crippen molar-refractivity contribution in [2.45, 2.75) is 44.1 Å². The maximum atomic E-state index is 9.04. The summed E-state index contributed by atoms with van der Waals surface area (Å²) in [5, 5.41) is 9.04. The zero-order chi connectivity index (χ0) is 9.57. The fraction of sp³-hybridized carbons (Fsp3) is 0.727. The molecular weight excluding hydrogens is 162 g/mol. The van der Waals surface area contributed by atoms with Gasteiger partial charge in [-0.05, 0) is 38.5 Å². The predicted octanol–water partition coefficient (Wildman–Crippen LogP) is 2.81. The van der Waals surface area contributed by atoms with Crippen molar-refractivity contribution in [3.05, 3.63) is 12.7 Å². The summed E-state index contributed by atoms with van der Waals surface area (Å²) in [6, 6.07) is 2.32. The van der Waals surface area contributed by atoms with Crippen molar-refractivity contribution in [3.8, 4) is 6.07 Å². The highest BCUT2D eigenvalue weighted by atomic mass is 16.5. The molecule has 72 valence electrons. The molecule has 1 aliphatic heterocycles. The maximum Gasteiger partial charge on any atom is 0.154 e. The van der Waals surface area contributed by atoms with Gasteiger partial charge >= 0.3 is 0 Å². The molecule has 0 aliphatic carbocycles. The van der Waals surface area contributed by atoms with E-state index >= 15 is 0 Å². The van der Waals surface area contributed by atoms with E-state index in [1.807, 2.05) is 6.08 Å². The van der Waals surface area contributed by atoms with Gasteiger partial charge in [-0.15, -0.1) is 6.58 Å². The predicted molar refractivity (Wildman–Crippen MR) is 52.2 cm³/mol. The first kappa shape index (κ1) is 10.3. The second-order valence-electron chi connectivity index (χ2n) is 3.59. The van der Waals surface area contributed by atoms with Crippen LogP contribution in [0.15, 0.2) is 12.7 Å². The molecule has 1 atom stereocenters. The Hall–Kier alpha value is -0.810. The smallest absolute Gasteiger partial charge is 0.154 e.